The molecule has 1 fully saturated rings. The number of nitro benzene ring substituents is 1. The minimum Gasteiger partial charge on any atom is -0.311 e. The topological polar surface area (TPSA) is 58.4 Å². The highest BCUT2D eigenvalue weighted by molar-refractivity contribution is 5.39. The molecule has 0 unspecified atom stereocenters. The summed E-state index contributed by atoms with van der Waals surface area (Å²) in [5.41, 5.74) is 0.949. The molecule has 1 aliphatic carbocycles. The second-order valence-corrected chi connectivity index (χ2v) is 5.48. The highest BCUT2D eigenvalue weighted by Gasteiger charge is 2.18. The van der Waals surface area contributed by atoms with E-state index in [2.05, 4.69) is 17.3 Å². The van der Waals surface area contributed by atoms with Gasteiger partial charge < -0.3 is 10.2 Å². The molecule has 0 atom stereocenters. The average molecular weight is 277 g/mol. The maximum Gasteiger partial charge on any atom is 0.273 e. The molecule has 5 heteroatoms. The predicted molar refractivity (Wildman–Crippen MR) is 79.7 cm³/mol. The molecule has 5 nitrogen and oxygen atoms in total. The van der Waals surface area contributed by atoms with E-state index in [1.807, 2.05) is 12.1 Å². The Kier molecular flexibility index (Phi) is 5.49. The van der Waals surface area contributed by atoms with Crippen LogP contribution in [-0.4, -0.2) is 36.0 Å². The van der Waals surface area contributed by atoms with E-state index in [-0.39, 0.29) is 10.6 Å². The molecule has 0 bridgehead atoms. The van der Waals surface area contributed by atoms with E-state index >= 15 is 0 Å². The van der Waals surface area contributed by atoms with Crippen molar-refractivity contribution in [1.82, 2.24) is 10.2 Å². The van der Waals surface area contributed by atoms with Gasteiger partial charge in [0.05, 0.1) is 4.92 Å². The summed E-state index contributed by atoms with van der Waals surface area (Å²) in [6, 6.07) is 7.64. The van der Waals surface area contributed by atoms with Crippen molar-refractivity contribution in [2.75, 3.05) is 20.1 Å². The lowest BCUT2D eigenvalue weighted by Crippen LogP contribution is -2.35. The molecule has 20 heavy (non-hydrogen) atoms. The lowest BCUT2D eigenvalue weighted by Gasteiger charge is -2.23. The highest BCUT2D eigenvalue weighted by Crippen LogP contribution is 2.22. The molecular formula is C15H23N3O2. The van der Waals surface area contributed by atoms with Crippen molar-refractivity contribution in [3.63, 3.8) is 0 Å². The van der Waals surface area contributed by atoms with Crippen LogP contribution in [0.4, 0.5) is 5.69 Å². The number of nitrogens with zero attached hydrogens (tertiary/aromatic N) is 2. The van der Waals surface area contributed by atoms with Gasteiger partial charge in [-0.2, -0.15) is 0 Å². The van der Waals surface area contributed by atoms with Crippen LogP contribution in [0.3, 0.4) is 0 Å². The Morgan fingerprint density at radius 2 is 2.05 bits per heavy atom. The summed E-state index contributed by atoms with van der Waals surface area (Å²) in [5.74, 6) is 0. The molecule has 0 radical (unpaired) electrons. The van der Waals surface area contributed by atoms with Gasteiger partial charge in [0.25, 0.3) is 5.69 Å². The lowest BCUT2D eigenvalue weighted by molar-refractivity contribution is -0.385. The summed E-state index contributed by atoms with van der Waals surface area (Å²) < 4.78 is 0. The standard InChI is InChI=1S/C15H23N3O2/c1-17(14-7-3-4-8-14)11-10-16-12-13-6-2-5-9-15(13)18(19)20/h2,5-6,9,14,16H,3-4,7-8,10-12H2,1H3. The molecule has 0 amide bonds. The van der Waals surface area contributed by atoms with Crippen LogP contribution in [0, 0.1) is 10.1 Å². The van der Waals surface area contributed by atoms with E-state index in [9.17, 15) is 10.1 Å². The van der Waals surface area contributed by atoms with Crippen molar-refractivity contribution in [2.45, 2.75) is 38.3 Å². The van der Waals surface area contributed by atoms with Crippen molar-refractivity contribution in [3.05, 3.63) is 39.9 Å². The first-order valence-electron chi connectivity index (χ1n) is 7.31. The van der Waals surface area contributed by atoms with E-state index in [0.717, 1.165) is 24.7 Å². The molecule has 0 saturated heterocycles. The number of para-hydroxylation sites is 1. The smallest absolute Gasteiger partial charge is 0.273 e. The van der Waals surface area contributed by atoms with Crippen LogP contribution in [0.15, 0.2) is 24.3 Å². The zero-order chi connectivity index (χ0) is 14.4. The maximum absolute atomic E-state index is 10.9. The van der Waals surface area contributed by atoms with Gasteiger partial charge in [0.2, 0.25) is 0 Å². The molecule has 110 valence electrons. The molecule has 1 aromatic carbocycles. The lowest BCUT2D eigenvalue weighted by atomic mass is 10.2. The van der Waals surface area contributed by atoms with Crippen LogP contribution in [0.25, 0.3) is 0 Å². The summed E-state index contributed by atoms with van der Waals surface area (Å²) in [7, 11) is 2.17. The van der Waals surface area contributed by atoms with Gasteiger partial charge >= 0.3 is 0 Å². The Balaban J connectivity index is 1.74. The molecule has 0 aliphatic heterocycles. The summed E-state index contributed by atoms with van der Waals surface area (Å²) in [5, 5.41) is 14.2. The average Bonchev–Trinajstić information content (AvgIpc) is 2.98. The Morgan fingerprint density at radius 3 is 2.75 bits per heavy atom. The highest BCUT2D eigenvalue weighted by atomic mass is 16.6. The Labute approximate surface area is 120 Å². The molecule has 1 aromatic rings. The quantitative estimate of drug-likeness (QED) is 0.473. The van der Waals surface area contributed by atoms with Crippen molar-refractivity contribution >= 4 is 5.69 Å². The first-order chi connectivity index (χ1) is 9.68. The number of hydrogen-bond acceptors (Lipinski definition) is 4. The van der Waals surface area contributed by atoms with Gasteiger partial charge in [0.15, 0.2) is 0 Å². The minimum absolute atomic E-state index is 0.198. The summed E-state index contributed by atoms with van der Waals surface area (Å²) in [6.07, 6.45) is 5.30. The predicted octanol–water partition coefficient (Wildman–Crippen LogP) is 2.56. The van der Waals surface area contributed by atoms with Crippen LogP contribution < -0.4 is 5.32 Å². The van der Waals surface area contributed by atoms with E-state index in [4.69, 9.17) is 0 Å². The maximum atomic E-state index is 10.9. The van der Waals surface area contributed by atoms with E-state index < -0.39 is 0 Å². The van der Waals surface area contributed by atoms with Gasteiger partial charge in [0, 0.05) is 37.3 Å². The van der Waals surface area contributed by atoms with Gasteiger partial charge in [0.1, 0.15) is 0 Å². The number of nitrogens with one attached hydrogen (secondary N) is 1. The van der Waals surface area contributed by atoms with Crippen molar-refractivity contribution in [1.29, 1.82) is 0 Å². The van der Waals surface area contributed by atoms with Crippen LogP contribution in [0.1, 0.15) is 31.2 Å². The molecule has 1 aliphatic rings. The zero-order valence-corrected chi connectivity index (χ0v) is 12.0. The first-order valence-corrected chi connectivity index (χ1v) is 7.31. The first kappa shape index (κ1) is 14.9. The number of benzene rings is 1. The van der Waals surface area contributed by atoms with Gasteiger partial charge in [-0.25, -0.2) is 0 Å². The fraction of sp³-hybridized carbons (Fsp3) is 0.600. The third-order valence-corrected chi connectivity index (χ3v) is 4.09. The van der Waals surface area contributed by atoms with Crippen LogP contribution >= 0.6 is 0 Å². The summed E-state index contributed by atoms with van der Waals surface area (Å²) in [4.78, 5) is 13.0. The van der Waals surface area contributed by atoms with Crippen LogP contribution in [0.2, 0.25) is 0 Å². The zero-order valence-electron chi connectivity index (χ0n) is 12.0. The van der Waals surface area contributed by atoms with Crippen LogP contribution in [-0.2, 0) is 6.54 Å². The van der Waals surface area contributed by atoms with E-state index in [1.54, 1.807) is 12.1 Å². The molecule has 2 rings (SSSR count). The molecule has 0 aromatic heterocycles. The fourth-order valence-corrected chi connectivity index (χ4v) is 2.84. The van der Waals surface area contributed by atoms with Gasteiger partial charge in [-0.3, -0.25) is 10.1 Å². The number of hydrogen-bond donors (Lipinski definition) is 1. The van der Waals surface area contributed by atoms with Crippen molar-refractivity contribution in [3.8, 4) is 0 Å². The second kappa shape index (κ2) is 7.36. The number of nitro groups is 1. The van der Waals surface area contributed by atoms with Crippen molar-refractivity contribution < 1.29 is 4.92 Å². The molecule has 1 saturated carbocycles. The van der Waals surface area contributed by atoms with E-state index in [1.165, 1.54) is 25.7 Å². The number of likely N-dealkylation sites (N-methyl/N-ethyl adjacent to an activating group) is 1. The largest absolute Gasteiger partial charge is 0.311 e. The SMILES string of the molecule is CN(CCNCc1ccccc1[N+](=O)[O-])C1CCCC1. The minimum atomic E-state index is -0.318. The van der Waals surface area contributed by atoms with Gasteiger partial charge in [-0.05, 0) is 19.9 Å². The third kappa shape index (κ3) is 4.02. The molecular weight excluding hydrogens is 254 g/mol. The summed E-state index contributed by atoms with van der Waals surface area (Å²) >= 11 is 0. The molecule has 0 heterocycles. The van der Waals surface area contributed by atoms with Gasteiger partial charge in [-0.1, -0.05) is 31.0 Å². The van der Waals surface area contributed by atoms with Gasteiger partial charge in [-0.15, -0.1) is 0 Å². The Bertz CT molecular complexity index is 444. The Hall–Kier alpha value is -1.46. The van der Waals surface area contributed by atoms with Crippen LogP contribution in [0.5, 0.6) is 0 Å². The monoisotopic (exact) mass is 277 g/mol. The Morgan fingerprint density at radius 1 is 1.35 bits per heavy atom. The third-order valence-electron chi connectivity index (χ3n) is 4.09. The normalized spacial score (nSPS) is 15.9. The van der Waals surface area contributed by atoms with Crippen molar-refractivity contribution in [2.24, 2.45) is 0 Å². The fourth-order valence-electron chi connectivity index (χ4n) is 2.84. The summed E-state index contributed by atoms with van der Waals surface area (Å²) in [6.45, 7) is 2.40. The molecule has 1 N–H and O–H groups in total. The number of rotatable bonds is 7. The second-order valence-electron chi connectivity index (χ2n) is 5.48. The van der Waals surface area contributed by atoms with E-state index in [0.29, 0.717) is 6.54 Å². The molecule has 0 spiro atoms.